The van der Waals surface area contributed by atoms with Gasteiger partial charge in [0.25, 0.3) is 5.91 Å². The fourth-order valence-electron chi connectivity index (χ4n) is 3.20. The average Bonchev–Trinajstić information content (AvgIpc) is 3.19. The highest BCUT2D eigenvalue weighted by Crippen LogP contribution is 2.28. The fourth-order valence-corrected chi connectivity index (χ4v) is 4.14. The Morgan fingerprint density at radius 3 is 2.47 bits per heavy atom. The third-order valence-electron chi connectivity index (χ3n) is 4.83. The predicted molar refractivity (Wildman–Crippen MR) is 124 cm³/mol. The zero-order valence-electron chi connectivity index (χ0n) is 16.6. The van der Waals surface area contributed by atoms with E-state index in [1.54, 1.807) is 19.2 Å². The van der Waals surface area contributed by atoms with Gasteiger partial charge in [-0.15, -0.1) is 11.3 Å². The number of nitrogen functional groups attached to an aromatic ring is 1. The topological polar surface area (TPSA) is 76.4 Å². The lowest BCUT2D eigenvalue weighted by atomic mass is 10.1. The van der Waals surface area contributed by atoms with Gasteiger partial charge in [-0.3, -0.25) is 4.79 Å². The van der Waals surface area contributed by atoms with Gasteiger partial charge in [-0.1, -0.05) is 30.3 Å². The summed E-state index contributed by atoms with van der Waals surface area (Å²) in [6, 6.07) is 23.5. The van der Waals surface area contributed by atoms with E-state index in [0.717, 1.165) is 28.9 Å². The van der Waals surface area contributed by atoms with Crippen molar-refractivity contribution in [3.63, 3.8) is 0 Å². The highest BCUT2D eigenvalue weighted by atomic mass is 32.1. The number of thiophene rings is 1. The van der Waals surface area contributed by atoms with Crippen LogP contribution in [0.4, 0.5) is 11.4 Å². The summed E-state index contributed by atoms with van der Waals surface area (Å²) in [5.74, 6) is 0.713. The van der Waals surface area contributed by atoms with Crippen molar-refractivity contribution >= 4 is 38.7 Å². The second kappa shape index (κ2) is 8.98. The molecular weight excluding hydrogens is 394 g/mol. The van der Waals surface area contributed by atoms with Gasteiger partial charge >= 0.3 is 0 Å². The monoisotopic (exact) mass is 417 g/mol. The molecule has 1 aromatic heterocycles. The quantitative estimate of drug-likeness (QED) is 0.369. The number of carbonyl (C=O) groups is 1. The summed E-state index contributed by atoms with van der Waals surface area (Å²) in [5, 5.41) is 7.41. The zero-order valence-corrected chi connectivity index (χ0v) is 17.5. The molecule has 3 aromatic carbocycles. The van der Waals surface area contributed by atoms with Crippen LogP contribution in [0.1, 0.15) is 20.8 Å². The molecule has 4 rings (SSSR count). The van der Waals surface area contributed by atoms with E-state index in [4.69, 9.17) is 10.5 Å². The van der Waals surface area contributed by atoms with E-state index in [1.807, 2.05) is 30.3 Å². The Morgan fingerprint density at radius 1 is 0.967 bits per heavy atom. The van der Waals surface area contributed by atoms with Gasteiger partial charge in [0.05, 0.1) is 23.4 Å². The van der Waals surface area contributed by atoms with Crippen molar-refractivity contribution < 1.29 is 9.53 Å². The van der Waals surface area contributed by atoms with Crippen LogP contribution in [0.15, 0.2) is 72.8 Å². The Kier molecular flexibility index (Phi) is 5.97. The van der Waals surface area contributed by atoms with Crippen LogP contribution in [0.5, 0.6) is 5.75 Å². The van der Waals surface area contributed by atoms with Gasteiger partial charge in [-0.05, 0) is 59.0 Å². The molecule has 152 valence electrons. The number of carbonyl (C=O) groups excluding carboxylic acids is 1. The van der Waals surface area contributed by atoms with E-state index in [0.29, 0.717) is 16.3 Å². The molecular formula is C24H23N3O2S. The van der Waals surface area contributed by atoms with Crippen LogP contribution in [-0.2, 0) is 13.1 Å². The second-order valence-electron chi connectivity index (χ2n) is 6.98. The lowest BCUT2D eigenvalue weighted by Crippen LogP contribution is -2.12. The lowest BCUT2D eigenvalue weighted by molar-refractivity contribution is 0.103. The minimum atomic E-state index is -0.145. The number of fused-ring (bicyclic) bond motifs is 1. The number of hydrogen-bond acceptors (Lipinski definition) is 5. The Labute approximate surface area is 179 Å². The van der Waals surface area contributed by atoms with Crippen molar-refractivity contribution in [2.45, 2.75) is 13.1 Å². The SMILES string of the molecule is COc1ccc(CNCc2ccc3sc(C(=O)Nc4ccccc4N)cc3c2)cc1. The molecule has 30 heavy (non-hydrogen) atoms. The lowest BCUT2D eigenvalue weighted by Gasteiger charge is -2.06. The van der Waals surface area contributed by atoms with Crippen LogP contribution in [0, 0.1) is 0 Å². The van der Waals surface area contributed by atoms with Crippen molar-refractivity contribution in [1.82, 2.24) is 5.32 Å². The molecule has 0 unspecified atom stereocenters. The van der Waals surface area contributed by atoms with Gasteiger partial charge < -0.3 is 21.1 Å². The number of benzene rings is 3. The third kappa shape index (κ3) is 4.62. The summed E-state index contributed by atoms with van der Waals surface area (Å²) in [4.78, 5) is 13.3. The fraction of sp³-hybridized carbons (Fsp3) is 0.125. The largest absolute Gasteiger partial charge is 0.497 e. The zero-order chi connectivity index (χ0) is 20.9. The number of anilines is 2. The maximum Gasteiger partial charge on any atom is 0.265 e. The van der Waals surface area contributed by atoms with Crippen LogP contribution in [0.25, 0.3) is 10.1 Å². The van der Waals surface area contributed by atoms with E-state index in [1.165, 1.54) is 22.5 Å². The van der Waals surface area contributed by atoms with Crippen molar-refractivity contribution in [2.24, 2.45) is 0 Å². The van der Waals surface area contributed by atoms with Gasteiger partial charge in [0.15, 0.2) is 0 Å². The summed E-state index contributed by atoms with van der Waals surface area (Å²) in [6.07, 6.45) is 0. The normalized spacial score (nSPS) is 10.8. The van der Waals surface area contributed by atoms with E-state index in [2.05, 4.69) is 41.0 Å². The van der Waals surface area contributed by atoms with Gasteiger partial charge in [0, 0.05) is 17.8 Å². The summed E-state index contributed by atoms with van der Waals surface area (Å²) in [6.45, 7) is 1.53. The van der Waals surface area contributed by atoms with Crippen molar-refractivity contribution in [3.8, 4) is 5.75 Å². The molecule has 0 saturated heterocycles. The van der Waals surface area contributed by atoms with Crippen LogP contribution >= 0.6 is 11.3 Å². The van der Waals surface area contributed by atoms with Gasteiger partial charge in [-0.25, -0.2) is 0 Å². The average molecular weight is 418 g/mol. The number of para-hydroxylation sites is 2. The first-order valence-corrected chi connectivity index (χ1v) is 10.5. The Morgan fingerprint density at radius 2 is 1.70 bits per heavy atom. The van der Waals surface area contributed by atoms with E-state index >= 15 is 0 Å². The molecule has 0 bridgehead atoms. The molecule has 0 radical (unpaired) electrons. The molecule has 4 aromatic rings. The van der Waals surface area contributed by atoms with Gasteiger partial charge in [-0.2, -0.15) is 0 Å². The number of nitrogens with one attached hydrogen (secondary N) is 2. The first-order valence-electron chi connectivity index (χ1n) is 9.64. The molecule has 0 aliphatic rings. The van der Waals surface area contributed by atoms with E-state index in [-0.39, 0.29) is 5.91 Å². The number of hydrogen-bond donors (Lipinski definition) is 3. The Balaban J connectivity index is 1.40. The van der Waals surface area contributed by atoms with Gasteiger partial charge in [0.2, 0.25) is 0 Å². The number of methoxy groups -OCH3 is 1. The summed E-state index contributed by atoms with van der Waals surface area (Å²) >= 11 is 1.48. The number of rotatable bonds is 7. The van der Waals surface area contributed by atoms with Crippen LogP contribution in [-0.4, -0.2) is 13.0 Å². The summed E-state index contributed by atoms with van der Waals surface area (Å²) < 4.78 is 6.27. The molecule has 0 aliphatic heterocycles. The molecule has 1 heterocycles. The Hall–Kier alpha value is -3.35. The molecule has 5 nitrogen and oxygen atoms in total. The standard InChI is InChI=1S/C24H23N3O2S/c1-29-19-9-6-16(7-10-19)14-26-15-17-8-11-22-18(12-17)13-23(30-22)24(28)27-21-5-3-2-4-20(21)25/h2-13,26H,14-15,25H2,1H3,(H,27,28). The maximum absolute atomic E-state index is 12.6. The van der Waals surface area contributed by atoms with Crippen molar-refractivity contribution in [1.29, 1.82) is 0 Å². The predicted octanol–water partition coefficient (Wildman–Crippen LogP) is 5.03. The van der Waals surface area contributed by atoms with Crippen LogP contribution in [0.3, 0.4) is 0 Å². The molecule has 6 heteroatoms. The minimum Gasteiger partial charge on any atom is -0.497 e. The van der Waals surface area contributed by atoms with Crippen LogP contribution < -0.4 is 21.1 Å². The van der Waals surface area contributed by atoms with Crippen molar-refractivity contribution in [3.05, 3.63) is 88.8 Å². The maximum atomic E-state index is 12.6. The Bertz CT molecular complexity index is 1170. The molecule has 4 N–H and O–H groups in total. The molecule has 0 saturated carbocycles. The highest BCUT2D eigenvalue weighted by Gasteiger charge is 2.12. The second-order valence-corrected chi connectivity index (χ2v) is 8.06. The number of amides is 1. The molecule has 0 aliphatic carbocycles. The molecule has 0 spiro atoms. The van der Waals surface area contributed by atoms with E-state index in [9.17, 15) is 4.79 Å². The number of nitrogens with two attached hydrogens (primary N) is 1. The molecule has 1 amide bonds. The highest BCUT2D eigenvalue weighted by molar-refractivity contribution is 7.20. The first-order chi connectivity index (χ1) is 14.6. The third-order valence-corrected chi connectivity index (χ3v) is 5.95. The minimum absolute atomic E-state index is 0.145. The summed E-state index contributed by atoms with van der Waals surface area (Å²) in [5.41, 5.74) is 9.48. The van der Waals surface area contributed by atoms with Crippen LogP contribution in [0.2, 0.25) is 0 Å². The number of ether oxygens (including phenoxy) is 1. The van der Waals surface area contributed by atoms with Gasteiger partial charge in [0.1, 0.15) is 5.75 Å². The molecule has 0 atom stereocenters. The van der Waals surface area contributed by atoms with E-state index < -0.39 is 0 Å². The molecule has 0 fully saturated rings. The summed E-state index contributed by atoms with van der Waals surface area (Å²) in [7, 11) is 1.67. The smallest absolute Gasteiger partial charge is 0.265 e. The van der Waals surface area contributed by atoms with Crippen molar-refractivity contribution in [2.75, 3.05) is 18.2 Å². The first kappa shape index (κ1) is 19.9.